The third kappa shape index (κ3) is 3.46. The van der Waals surface area contributed by atoms with Gasteiger partial charge in [0.15, 0.2) is 17.5 Å². The fraction of sp³-hybridized carbons (Fsp3) is 0.538. The number of hydrogen-bond acceptors (Lipinski definition) is 2. The van der Waals surface area contributed by atoms with E-state index in [0.29, 0.717) is 12.8 Å². The van der Waals surface area contributed by atoms with Crippen LogP contribution < -0.4 is 5.73 Å². The zero-order valence-electron chi connectivity index (χ0n) is 10.8. The lowest BCUT2D eigenvalue weighted by Gasteiger charge is -2.24. The molecule has 1 unspecified atom stereocenters. The SMILES string of the molecule is COC(C)(C)CCC(N)c1ccc(F)c(F)c1F. The van der Waals surface area contributed by atoms with Crippen molar-refractivity contribution in [3.8, 4) is 0 Å². The highest BCUT2D eigenvalue weighted by Gasteiger charge is 2.22. The van der Waals surface area contributed by atoms with Crippen LogP contribution >= 0.6 is 0 Å². The van der Waals surface area contributed by atoms with Gasteiger partial charge in [-0.1, -0.05) is 6.07 Å². The molecule has 1 rings (SSSR count). The molecule has 0 aliphatic heterocycles. The number of halogens is 3. The lowest BCUT2D eigenvalue weighted by molar-refractivity contribution is 0.0124. The summed E-state index contributed by atoms with van der Waals surface area (Å²) in [5, 5.41) is 0. The molecule has 0 amide bonds. The van der Waals surface area contributed by atoms with E-state index in [2.05, 4.69) is 0 Å². The summed E-state index contributed by atoms with van der Waals surface area (Å²) in [6, 6.07) is 1.38. The molecule has 18 heavy (non-hydrogen) atoms. The van der Waals surface area contributed by atoms with E-state index in [-0.39, 0.29) is 11.2 Å². The van der Waals surface area contributed by atoms with Crippen molar-refractivity contribution >= 4 is 0 Å². The normalized spacial score (nSPS) is 13.7. The Hall–Kier alpha value is -1.07. The molecule has 102 valence electrons. The van der Waals surface area contributed by atoms with Crippen LogP contribution in [0.5, 0.6) is 0 Å². The van der Waals surface area contributed by atoms with Gasteiger partial charge in [-0.2, -0.15) is 0 Å². The molecule has 0 fully saturated rings. The second-order valence-corrected chi connectivity index (χ2v) is 4.87. The summed E-state index contributed by atoms with van der Waals surface area (Å²) in [4.78, 5) is 0. The molecule has 0 radical (unpaired) electrons. The van der Waals surface area contributed by atoms with E-state index in [0.717, 1.165) is 6.07 Å². The van der Waals surface area contributed by atoms with E-state index in [4.69, 9.17) is 10.5 Å². The summed E-state index contributed by atoms with van der Waals surface area (Å²) < 4.78 is 44.5. The van der Waals surface area contributed by atoms with Crippen LogP contribution in [0.1, 0.15) is 38.3 Å². The molecular formula is C13H18F3NO. The number of benzene rings is 1. The van der Waals surface area contributed by atoms with Crippen molar-refractivity contribution in [1.82, 2.24) is 0 Å². The maximum absolute atomic E-state index is 13.5. The van der Waals surface area contributed by atoms with Crippen molar-refractivity contribution in [3.05, 3.63) is 35.1 Å². The van der Waals surface area contributed by atoms with Gasteiger partial charge in [0.05, 0.1) is 5.60 Å². The minimum atomic E-state index is -1.48. The Bertz CT molecular complexity index is 421. The third-order valence-electron chi connectivity index (χ3n) is 3.07. The van der Waals surface area contributed by atoms with Gasteiger partial charge < -0.3 is 10.5 Å². The van der Waals surface area contributed by atoms with Gasteiger partial charge in [-0.25, -0.2) is 13.2 Å². The first kappa shape index (κ1) is 15.0. The molecule has 0 spiro atoms. The van der Waals surface area contributed by atoms with Crippen molar-refractivity contribution in [2.75, 3.05) is 7.11 Å². The Labute approximate surface area is 105 Å². The van der Waals surface area contributed by atoms with E-state index < -0.39 is 23.5 Å². The van der Waals surface area contributed by atoms with Crippen LogP contribution in [0.25, 0.3) is 0 Å². The Morgan fingerprint density at radius 3 is 2.39 bits per heavy atom. The van der Waals surface area contributed by atoms with Crippen LogP contribution in [0, 0.1) is 17.5 Å². The van der Waals surface area contributed by atoms with E-state index in [1.54, 1.807) is 7.11 Å². The standard InChI is InChI=1S/C13H18F3NO/c1-13(2,18-3)7-6-10(17)8-4-5-9(14)12(16)11(8)15/h4-5,10H,6-7,17H2,1-3H3. The molecular weight excluding hydrogens is 243 g/mol. The summed E-state index contributed by atoms with van der Waals surface area (Å²) in [6.07, 6.45) is 1.01. The molecule has 0 aromatic heterocycles. The number of hydrogen-bond donors (Lipinski definition) is 1. The molecule has 1 aromatic rings. The zero-order chi connectivity index (χ0) is 13.9. The van der Waals surface area contributed by atoms with Gasteiger partial charge in [-0.3, -0.25) is 0 Å². The summed E-state index contributed by atoms with van der Waals surface area (Å²) in [6.45, 7) is 3.75. The van der Waals surface area contributed by atoms with Gasteiger partial charge in [0.2, 0.25) is 0 Å². The van der Waals surface area contributed by atoms with Crippen molar-refractivity contribution in [2.24, 2.45) is 5.73 Å². The summed E-state index contributed by atoms with van der Waals surface area (Å²) in [5.74, 6) is -3.90. The topological polar surface area (TPSA) is 35.2 Å². The fourth-order valence-electron chi connectivity index (χ4n) is 1.59. The van der Waals surface area contributed by atoms with Crippen molar-refractivity contribution in [1.29, 1.82) is 0 Å². The van der Waals surface area contributed by atoms with Crippen molar-refractivity contribution < 1.29 is 17.9 Å². The number of rotatable bonds is 5. The van der Waals surface area contributed by atoms with Crippen LogP contribution in [0.3, 0.4) is 0 Å². The third-order valence-corrected chi connectivity index (χ3v) is 3.07. The highest BCUT2D eigenvalue weighted by atomic mass is 19.2. The average Bonchev–Trinajstić information content (AvgIpc) is 2.33. The summed E-state index contributed by atoms with van der Waals surface area (Å²) in [5.41, 5.74) is 5.40. The van der Waals surface area contributed by atoms with Gasteiger partial charge in [-0.05, 0) is 32.8 Å². The molecule has 5 heteroatoms. The zero-order valence-corrected chi connectivity index (χ0v) is 10.8. The van der Waals surface area contributed by atoms with Gasteiger partial charge in [-0.15, -0.1) is 0 Å². The molecule has 2 N–H and O–H groups in total. The Morgan fingerprint density at radius 1 is 1.22 bits per heavy atom. The Kier molecular flexibility index (Phi) is 4.76. The van der Waals surface area contributed by atoms with Crippen LogP contribution in [-0.4, -0.2) is 12.7 Å². The van der Waals surface area contributed by atoms with Crippen molar-refractivity contribution in [2.45, 2.75) is 38.3 Å². The van der Waals surface area contributed by atoms with Crippen LogP contribution in [-0.2, 0) is 4.74 Å². The maximum Gasteiger partial charge on any atom is 0.194 e. The maximum atomic E-state index is 13.5. The Morgan fingerprint density at radius 2 is 1.83 bits per heavy atom. The van der Waals surface area contributed by atoms with E-state index in [1.807, 2.05) is 13.8 Å². The summed E-state index contributed by atoms with van der Waals surface area (Å²) >= 11 is 0. The molecule has 0 saturated carbocycles. The van der Waals surface area contributed by atoms with Crippen LogP contribution in [0.4, 0.5) is 13.2 Å². The van der Waals surface area contributed by atoms with E-state index >= 15 is 0 Å². The van der Waals surface area contributed by atoms with Gasteiger partial charge >= 0.3 is 0 Å². The molecule has 0 saturated heterocycles. The van der Waals surface area contributed by atoms with Gasteiger partial charge in [0, 0.05) is 18.7 Å². The van der Waals surface area contributed by atoms with Crippen LogP contribution in [0.15, 0.2) is 12.1 Å². The molecule has 2 nitrogen and oxygen atoms in total. The number of methoxy groups -OCH3 is 1. The molecule has 0 bridgehead atoms. The monoisotopic (exact) mass is 261 g/mol. The minimum absolute atomic E-state index is 0.0131. The number of nitrogens with two attached hydrogens (primary N) is 1. The highest BCUT2D eigenvalue weighted by Crippen LogP contribution is 2.26. The molecule has 0 aliphatic rings. The summed E-state index contributed by atoms with van der Waals surface area (Å²) in [7, 11) is 1.57. The second kappa shape index (κ2) is 5.71. The quantitative estimate of drug-likeness (QED) is 0.825. The first-order valence-electron chi connectivity index (χ1n) is 5.72. The number of ether oxygens (including phenoxy) is 1. The minimum Gasteiger partial charge on any atom is -0.379 e. The lowest BCUT2D eigenvalue weighted by Crippen LogP contribution is -2.25. The largest absolute Gasteiger partial charge is 0.379 e. The highest BCUT2D eigenvalue weighted by molar-refractivity contribution is 5.23. The van der Waals surface area contributed by atoms with Crippen molar-refractivity contribution in [3.63, 3.8) is 0 Å². The van der Waals surface area contributed by atoms with Crippen LogP contribution in [0.2, 0.25) is 0 Å². The van der Waals surface area contributed by atoms with Gasteiger partial charge in [0.1, 0.15) is 0 Å². The molecule has 0 aliphatic carbocycles. The fourth-order valence-corrected chi connectivity index (χ4v) is 1.59. The molecule has 1 atom stereocenters. The van der Waals surface area contributed by atoms with Gasteiger partial charge in [0.25, 0.3) is 0 Å². The first-order chi connectivity index (χ1) is 8.28. The van der Waals surface area contributed by atoms with E-state index in [1.165, 1.54) is 6.07 Å². The molecule has 1 aromatic carbocycles. The Balaban J connectivity index is 2.79. The van der Waals surface area contributed by atoms with E-state index in [9.17, 15) is 13.2 Å². The molecule has 0 heterocycles. The predicted molar refractivity (Wildman–Crippen MR) is 63.6 cm³/mol. The average molecular weight is 261 g/mol. The predicted octanol–water partition coefficient (Wildman–Crippen LogP) is 3.31. The smallest absolute Gasteiger partial charge is 0.194 e. The first-order valence-corrected chi connectivity index (χ1v) is 5.72. The second-order valence-electron chi connectivity index (χ2n) is 4.87. The lowest BCUT2D eigenvalue weighted by atomic mass is 9.95.